The van der Waals surface area contributed by atoms with E-state index < -0.39 is 0 Å². The molecule has 0 unspecified atom stereocenters. The van der Waals surface area contributed by atoms with Crippen molar-refractivity contribution in [3.63, 3.8) is 0 Å². The molecule has 2 heteroatoms. The quantitative estimate of drug-likeness (QED) is 0.642. The van der Waals surface area contributed by atoms with Crippen LogP contribution in [0.4, 0.5) is 0 Å². The number of hydrogen-bond donors (Lipinski definition) is 2. The van der Waals surface area contributed by atoms with Crippen molar-refractivity contribution in [1.82, 2.24) is 5.48 Å². The van der Waals surface area contributed by atoms with Crippen molar-refractivity contribution in [2.24, 2.45) is 0 Å². The Bertz CT molecular complexity index is 331. The van der Waals surface area contributed by atoms with E-state index in [0.717, 1.165) is 30.5 Å². The maximum absolute atomic E-state index is 8.94. The maximum Gasteiger partial charge on any atom is 0.0637 e. The zero-order valence-corrected chi connectivity index (χ0v) is 7.46. The summed E-state index contributed by atoms with van der Waals surface area (Å²) >= 11 is 0. The second-order valence-electron chi connectivity index (χ2n) is 3.28. The van der Waals surface area contributed by atoms with E-state index in [9.17, 15) is 0 Å². The lowest BCUT2D eigenvalue weighted by atomic mass is 10.0. The van der Waals surface area contributed by atoms with E-state index in [1.807, 2.05) is 24.3 Å². The molecule has 0 radical (unpaired) electrons. The molecule has 1 aliphatic carbocycles. The van der Waals surface area contributed by atoms with Gasteiger partial charge in [-0.1, -0.05) is 30.3 Å². The fourth-order valence-electron chi connectivity index (χ4n) is 1.76. The van der Waals surface area contributed by atoms with E-state index in [4.69, 9.17) is 5.21 Å². The summed E-state index contributed by atoms with van der Waals surface area (Å²) in [5.41, 5.74) is 5.54. The number of nitrogens with one attached hydrogen (secondary N) is 1. The predicted molar refractivity (Wildman–Crippen MR) is 52.3 cm³/mol. The van der Waals surface area contributed by atoms with Gasteiger partial charge in [0.25, 0.3) is 0 Å². The molecule has 0 saturated carbocycles. The summed E-state index contributed by atoms with van der Waals surface area (Å²) in [4.78, 5) is 0. The van der Waals surface area contributed by atoms with Gasteiger partial charge in [0.05, 0.1) is 5.70 Å². The van der Waals surface area contributed by atoms with Crippen molar-refractivity contribution in [2.45, 2.75) is 19.3 Å². The highest BCUT2D eigenvalue weighted by Crippen LogP contribution is 2.22. The molecular formula is C11H13NO. The molecule has 2 nitrogen and oxygen atoms in total. The third-order valence-corrected chi connectivity index (χ3v) is 2.43. The summed E-state index contributed by atoms with van der Waals surface area (Å²) in [5, 5.41) is 8.94. The second kappa shape index (κ2) is 3.62. The molecule has 2 N–H and O–H groups in total. The largest absolute Gasteiger partial charge is 0.291 e. The molecule has 0 saturated heterocycles. The summed E-state index contributed by atoms with van der Waals surface area (Å²) in [6, 6.07) is 8.19. The molecule has 0 atom stereocenters. The molecule has 1 aromatic rings. The average molecular weight is 175 g/mol. The van der Waals surface area contributed by atoms with Crippen LogP contribution in [-0.2, 0) is 6.42 Å². The first kappa shape index (κ1) is 8.32. The lowest BCUT2D eigenvalue weighted by Gasteiger charge is -2.08. The number of allylic oxidation sites excluding steroid dienone is 1. The predicted octanol–water partition coefficient (Wildman–Crippen LogP) is 2.34. The van der Waals surface area contributed by atoms with Crippen LogP contribution in [0.1, 0.15) is 24.0 Å². The molecule has 0 bridgehead atoms. The SMILES string of the molecule is ONC1=CCCCc2ccccc21. The van der Waals surface area contributed by atoms with Crippen molar-refractivity contribution in [2.75, 3.05) is 0 Å². The average Bonchev–Trinajstić information content (AvgIpc) is 2.39. The standard InChI is InChI=1S/C11H13NO/c13-12-11-8-4-2-6-9-5-1-3-7-10(9)11/h1,3,5,7-8,12-13H,2,4,6H2. The minimum atomic E-state index is 0.841. The molecule has 13 heavy (non-hydrogen) atoms. The van der Waals surface area contributed by atoms with Crippen LogP contribution in [-0.4, -0.2) is 5.21 Å². The Morgan fingerprint density at radius 2 is 2.08 bits per heavy atom. The number of fused-ring (bicyclic) bond motifs is 1. The van der Waals surface area contributed by atoms with Crippen LogP contribution < -0.4 is 5.48 Å². The van der Waals surface area contributed by atoms with Crippen LogP contribution in [0.2, 0.25) is 0 Å². The summed E-state index contributed by atoms with van der Waals surface area (Å²) in [5.74, 6) is 0. The van der Waals surface area contributed by atoms with E-state index in [2.05, 4.69) is 11.5 Å². The van der Waals surface area contributed by atoms with Crippen LogP contribution in [0.3, 0.4) is 0 Å². The molecule has 68 valence electrons. The summed E-state index contributed by atoms with van der Waals surface area (Å²) in [6.07, 6.45) is 5.32. The van der Waals surface area contributed by atoms with Gasteiger partial charge in [-0.25, -0.2) is 0 Å². The van der Waals surface area contributed by atoms with Crippen molar-refractivity contribution >= 4 is 5.70 Å². The molecule has 0 fully saturated rings. The van der Waals surface area contributed by atoms with Crippen LogP contribution in [0.15, 0.2) is 30.3 Å². The highest BCUT2D eigenvalue weighted by atomic mass is 16.5. The molecular weight excluding hydrogens is 162 g/mol. The van der Waals surface area contributed by atoms with Gasteiger partial charge in [-0.3, -0.25) is 10.7 Å². The normalized spacial score (nSPS) is 15.6. The van der Waals surface area contributed by atoms with E-state index >= 15 is 0 Å². The number of benzene rings is 1. The highest BCUT2D eigenvalue weighted by Gasteiger charge is 2.08. The van der Waals surface area contributed by atoms with Gasteiger partial charge in [0.1, 0.15) is 0 Å². The Labute approximate surface area is 77.9 Å². The number of hydroxylamine groups is 1. The number of rotatable bonds is 1. The van der Waals surface area contributed by atoms with Crippen LogP contribution >= 0.6 is 0 Å². The van der Waals surface area contributed by atoms with Gasteiger partial charge in [0.2, 0.25) is 0 Å². The Morgan fingerprint density at radius 3 is 2.92 bits per heavy atom. The Morgan fingerprint density at radius 1 is 1.23 bits per heavy atom. The topological polar surface area (TPSA) is 32.3 Å². The Balaban J connectivity index is 2.47. The highest BCUT2D eigenvalue weighted by molar-refractivity contribution is 5.66. The molecule has 0 amide bonds. The van der Waals surface area contributed by atoms with Crippen molar-refractivity contribution in [3.8, 4) is 0 Å². The lowest BCUT2D eigenvalue weighted by Crippen LogP contribution is -2.06. The molecule has 0 heterocycles. The molecule has 0 spiro atoms. The van der Waals surface area contributed by atoms with Crippen LogP contribution in [0.25, 0.3) is 5.70 Å². The van der Waals surface area contributed by atoms with Gasteiger partial charge in [-0.15, -0.1) is 0 Å². The molecule has 1 aliphatic rings. The number of aryl methyl sites for hydroxylation is 1. The lowest BCUT2D eigenvalue weighted by molar-refractivity contribution is 0.224. The van der Waals surface area contributed by atoms with E-state index in [0.29, 0.717) is 0 Å². The Hall–Kier alpha value is -1.28. The first-order chi connectivity index (χ1) is 6.42. The van der Waals surface area contributed by atoms with Gasteiger partial charge in [0.15, 0.2) is 0 Å². The third kappa shape index (κ3) is 1.58. The first-order valence-electron chi connectivity index (χ1n) is 4.60. The minimum Gasteiger partial charge on any atom is -0.291 e. The first-order valence-corrected chi connectivity index (χ1v) is 4.60. The monoisotopic (exact) mass is 175 g/mol. The minimum absolute atomic E-state index is 0.841. The van der Waals surface area contributed by atoms with Gasteiger partial charge >= 0.3 is 0 Å². The van der Waals surface area contributed by atoms with Crippen LogP contribution in [0, 0.1) is 0 Å². The second-order valence-corrected chi connectivity index (χ2v) is 3.28. The van der Waals surface area contributed by atoms with Gasteiger partial charge in [0, 0.05) is 5.56 Å². The van der Waals surface area contributed by atoms with E-state index in [1.165, 1.54) is 5.56 Å². The molecule has 0 aromatic heterocycles. The summed E-state index contributed by atoms with van der Waals surface area (Å²) in [7, 11) is 0. The zero-order valence-electron chi connectivity index (χ0n) is 7.46. The van der Waals surface area contributed by atoms with Gasteiger partial charge in [-0.2, -0.15) is 0 Å². The van der Waals surface area contributed by atoms with E-state index in [1.54, 1.807) is 0 Å². The molecule has 2 rings (SSSR count). The number of hydrogen-bond acceptors (Lipinski definition) is 2. The molecule has 0 aliphatic heterocycles. The maximum atomic E-state index is 8.94. The smallest absolute Gasteiger partial charge is 0.0637 e. The third-order valence-electron chi connectivity index (χ3n) is 2.43. The van der Waals surface area contributed by atoms with Crippen molar-refractivity contribution in [1.29, 1.82) is 0 Å². The Kier molecular flexibility index (Phi) is 2.32. The fourth-order valence-corrected chi connectivity index (χ4v) is 1.76. The fraction of sp³-hybridized carbons (Fsp3) is 0.273. The van der Waals surface area contributed by atoms with Crippen molar-refractivity contribution < 1.29 is 5.21 Å². The molecule has 1 aromatic carbocycles. The zero-order chi connectivity index (χ0) is 9.10. The van der Waals surface area contributed by atoms with Crippen LogP contribution in [0.5, 0.6) is 0 Å². The summed E-state index contributed by atoms with van der Waals surface area (Å²) < 4.78 is 0. The summed E-state index contributed by atoms with van der Waals surface area (Å²) in [6.45, 7) is 0. The van der Waals surface area contributed by atoms with Gasteiger partial charge in [-0.05, 0) is 24.8 Å². The van der Waals surface area contributed by atoms with Gasteiger partial charge < -0.3 is 0 Å². The van der Waals surface area contributed by atoms with E-state index in [-0.39, 0.29) is 0 Å². The van der Waals surface area contributed by atoms with Crippen molar-refractivity contribution in [3.05, 3.63) is 41.5 Å².